The summed E-state index contributed by atoms with van der Waals surface area (Å²) in [5, 5.41) is 10.2. The van der Waals surface area contributed by atoms with Gasteiger partial charge in [-0.05, 0) is 62.2 Å². The summed E-state index contributed by atoms with van der Waals surface area (Å²) in [5.74, 6) is 0.0990. The van der Waals surface area contributed by atoms with Crippen LogP contribution in [0.5, 0.6) is 11.5 Å². The van der Waals surface area contributed by atoms with Crippen molar-refractivity contribution in [2.45, 2.75) is 45.4 Å². The van der Waals surface area contributed by atoms with Crippen molar-refractivity contribution in [3.63, 3.8) is 0 Å². The number of carbonyl (C=O) groups is 2. The summed E-state index contributed by atoms with van der Waals surface area (Å²) in [6.45, 7) is 5.41. The van der Waals surface area contributed by atoms with Gasteiger partial charge in [-0.3, -0.25) is 4.90 Å². The van der Waals surface area contributed by atoms with E-state index < -0.39 is 23.7 Å². The van der Waals surface area contributed by atoms with Crippen LogP contribution in [0.4, 0.5) is 4.79 Å². The molecule has 1 aliphatic heterocycles. The molecule has 7 heteroatoms. The van der Waals surface area contributed by atoms with Crippen LogP contribution in [-0.2, 0) is 22.5 Å². The number of hydrogen-bond donors (Lipinski definition) is 1. The summed E-state index contributed by atoms with van der Waals surface area (Å²) < 4.78 is 11.2. The first kappa shape index (κ1) is 20.0. The van der Waals surface area contributed by atoms with E-state index in [0.717, 1.165) is 11.1 Å². The highest BCUT2D eigenvalue weighted by molar-refractivity contribution is 6.30. The van der Waals surface area contributed by atoms with Gasteiger partial charge in [-0.2, -0.15) is 0 Å². The van der Waals surface area contributed by atoms with E-state index in [1.807, 2.05) is 6.07 Å². The lowest BCUT2D eigenvalue weighted by Gasteiger charge is -2.35. The molecule has 1 heterocycles. The van der Waals surface area contributed by atoms with Gasteiger partial charge < -0.3 is 14.6 Å². The third-order valence-electron chi connectivity index (χ3n) is 4.25. The van der Waals surface area contributed by atoms with Crippen molar-refractivity contribution in [3.05, 3.63) is 58.6 Å². The predicted octanol–water partition coefficient (Wildman–Crippen LogP) is 4.88. The quantitative estimate of drug-likeness (QED) is 0.790. The van der Waals surface area contributed by atoms with Crippen LogP contribution in [0, 0.1) is 0 Å². The minimum Gasteiger partial charge on any atom is -0.480 e. The molecule has 2 aromatic rings. The maximum absolute atomic E-state index is 12.5. The number of aliphatic carboxylic acids is 1. The van der Waals surface area contributed by atoms with Crippen LogP contribution in [-0.4, -0.2) is 33.7 Å². The summed E-state index contributed by atoms with van der Waals surface area (Å²) in [6.07, 6.45) is -0.457. The fourth-order valence-corrected chi connectivity index (χ4v) is 3.20. The predicted molar refractivity (Wildman–Crippen MR) is 105 cm³/mol. The van der Waals surface area contributed by atoms with Crippen LogP contribution in [0.1, 0.15) is 31.9 Å². The van der Waals surface area contributed by atoms with Crippen molar-refractivity contribution in [2.24, 2.45) is 0 Å². The summed E-state index contributed by atoms with van der Waals surface area (Å²) in [5.41, 5.74) is 0.989. The Morgan fingerprint density at radius 1 is 1.11 bits per heavy atom. The molecule has 1 amide bonds. The average molecular weight is 404 g/mol. The molecule has 0 spiro atoms. The fourth-order valence-electron chi connectivity index (χ4n) is 3.02. The van der Waals surface area contributed by atoms with Crippen molar-refractivity contribution in [1.82, 2.24) is 4.90 Å². The number of ether oxygens (including phenoxy) is 2. The third kappa shape index (κ3) is 4.75. The first-order valence-corrected chi connectivity index (χ1v) is 9.28. The van der Waals surface area contributed by atoms with Crippen molar-refractivity contribution in [2.75, 3.05) is 0 Å². The maximum Gasteiger partial charge on any atom is 0.411 e. The lowest BCUT2D eigenvalue weighted by molar-refractivity contribution is -0.143. The van der Waals surface area contributed by atoms with Crippen LogP contribution < -0.4 is 4.74 Å². The van der Waals surface area contributed by atoms with E-state index in [9.17, 15) is 14.7 Å². The lowest BCUT2D eigenvalue weighted by atomic mass is 9.94. The highest BCUT2D eigenvalue weighted by Crippen LogP contribution is 2.31. The molecule has 0 saturated heterocycles. The number of hydrogen-bond acceptors (Lipinski definition) is 4. The molecule has 0 radical (unpaired) electrons. The Kier molecular flexibility index (Phi) is 5.52. The van der Waals surface area contributed by atoms with Crippen LogP contribution in [0.2, 0.25) is 5.02 Å². The molecule has 148 valence electrons. The molecule has 0 bridgehead atoms. The zero-order valence-corrected chi connectivity index (χ0v) is 16.7. The summed E-state index contributed by atoms with van der Waals surface area (Å²) in [6, 6.07) is 11.5. The molecule has 0 fully saturated rings. The molecule has 0 saturated carbocycles. The van der Waals surface area contributed by atoms with Crippen LogP contribution >= 0.6 is 11.6 Å². The number of nitrogens with zero attached hydrogens (tertiary/aromatic N) is 1. The second-order valence-electron chi connectivity index (χ2n) is 7.66. The number of amides is 1. The first-order chi connectivity index (χ1) is 13.1. The minimum absolute atomic E-state index is 0.165. The molecule has 2 aromatic carbocycles. The molecule has 3 rings (SSSR count). The highest BCUT2D eigenvalue weighted by atomic mass is 35.5. The van der Waals surface area contributed by atoms with E-state index in [1.54, 1.807) is 57.2 Å². The molecule has 1 unspecified atom stereocenters. The van der Waals surface area contributed by atoms with Gasteiger partial charge in [-0.15, -0.1) is 0 Å². The van der Waals surface area contributed by atoms with E-state index in [2.05, 4.69) is 0 Å². The molecule has 0 aromatic heterocycles. The van der Waals surface area contributed by atoms with Crippen molar-refractivity contribution >= 4 is 23.7 Å². The zero-order chi connectivity index (χ0) is 20.5. The number of carboxylic acids is 1. The Morgan fingerprint density at radius 2 is 1.82 bits per heavy atom. The molecule has 1 atom stereocenters. The SMILES string of the molecule is CC(C)(C)OC(=O)N1Cc2ccc(Oc3cccc(Cl)c3)cc2CC1C(=O)O. The Hall–Kier alpha value is -2.73. The van der Waals surface area contributed by atoms with Gasteiger partial charge in [0.1, 0.15) is 23.1 Å². The Morgan fingerprint density at radius 3 is 2.46 bits per heavy atom. The minimum atomic E-state index is -1.07. The summed E-state index contributed by atoms with van der Waals surface area (Å²) in [7, 11) is 0. The van der Waals surface area contributed by atoms with E-state index in [1.165, 1.54) is 4.90 Å². The lowest BCUT2D eigenvalue weighted by Crippen LogP contribution is -2.50. The Balaban J connectivity index is 1.84. The largest absolute Gasteiger partial charge is 0.480 e. The van der Waals surface area contributed by atoms with E-state index in [0.29, 0.717) is 16.5 Å². The van der Waals surface area contributed by atoms with Crippen LogP contribution in [0.15, 0.2) is 42.5 Å². The standard InChI is InChI=1S/C21H22ClNO5/c1-21(2,3)28-20(26)23-12-13-7-8-17(9-14(13)10-18(23)19(24)25)27-16-6-4-5-15(22)11-16/h4-9,11,18H,10,12H2,1-3H3,(H,24,25). The Labute approximate surface area is 168 Å². The molecule has 0 aliphatic carbocycles. The van der Waals surface area contributed by atoms with Crippen molar-refractivity contribution in [3.8, 4) is 11.5 Å². The maximum atomic E-state index is 12.5. The number of halogens is 1. The monoisotopic (exact) mass is 403 g/mol. The van der Waals surface area contributed by atoms with Gasteiger partial charge in [0.25, 0.3) is 0 Å². The molecule has 6 nitrogen and oxygen atoms in total. The third-order valence-corrected chi connectivity index (χ3v) is 4.49. The van der Waals surface area contributed by atoms with Gasteiger partial charge in [0, 0.05) is 11.4 Å². The highest BCUT2D eigenvalue weighted by Gasteiger charge is 2.37. The second kappa shape index (κ2) is 7.72. The van der Waals surface area contributed by atoms with Gasteiger partial charge in [-0.1, -0.05) is 23.7 Å². The number of fused-ring (bicyclic) bond motifs is 1. The van der Waals surface area contributed by atoms with Crippen LogP contribution in [0.3, 0.4) is 0 Å². The number of rotatable bonds is 3. The van der Waals surface area contributed by atoms with E-state index in [-0.39, 0.29) is 13.0 Å². The molecule has 1 N–H and O–H groups in total. The molecule has 28 heavy (non-hydrogen) atoms. The smallest absolute Gasteiger partial charge is 0.411 e. The molecular formula is C21H22ClNO5. The number of carboxylic acid groups (broad SMARTS) is 1. The first-order valence-electron chi connectivity index (χ1n) is 8.90. The topological polar surface area (TPSA) is 76.1 Å². The zero-order valence-electron chi connectivity index (χ0n) is 15.9. The summed E-state index contributed by atoms with van der Waals surface area (Å²) in [4.78, 5) is 25.5. The summed E-state index contributed by atoms with van der Waals surface area (Å²) >= 11 is 5.98. The Bertz CT molecular complexity index is 906. The van der Waals surface area contributed by atoms with Crippen molar-refractivity contribution < 1.29 is 24.2 Å². The number of carbonyl (C=O) groups excluding carboxylic acids is 1. The molecule has 1 aliphatic rings. The number of benzene rings is 2. The second-order valence-corrected chi connectivity index (χ2v) is 8.09. The van der Waals surface area contributed by atoms with Gasteiger partial charge >= 0.3 is 12.1 Å². The van der Waals surface area contributed by atoms with Crippen molar-refractivity contribution in [1.29, 1.82) is 0 Å². The average Bonchev–Trinajstić information content (AvgIpc) is 2.59. The van der Waals surface area contributed by atoms with Gasteiger partial charge in [0.2, 0.25) is 0 Å². The molecular weight excluding hydrogens is 382 g/mol. The fraction of sp³-hybridized carbons (Fsp3) is 0.333. The normalized spacial score (nSPS) is 16.3. The van der Waals surface area contributed by atoms with Gasteiger partial charge in [0.05, 0.1) is 6.54 Å². The van der Waals surface area contributed by atoms with Gasteiger partial charge in [0.15, 0.2) is 0 Å². The van der Waals surface area contributed by atoms with E-state index in [4.69, 9.17) is 21.1 Å². The van der Waals surface area contributed by atoms with Gasteiger partial charge in [-0.25, -0.2) is 9.59 Å². The van der Waals surface area contributed by atoms with E-state index >= 15 is 0 Å². The van der Waals surface area contributed by atoms with Crippen LogP contribution in [0.25, 0.3) is 0 Å².